The first-order valence-corrected chi connectivity index (χ1v) is 11.9. The summed E-state index contributed by atoms with van der Waals surface area (Å²) in [6.45, 7) is 2.55. The second-order valence-corrected chi connectivity index (χ2v) is 10.7. The summed E-state index contributed by atoms with van der Waals surface area (Å²) in [5.41, 5.74) is 1.82. The van der Waals surface area contributed by atoms with Gasteiger partial charge in [-0.2, -0.15) is 0 Å². The van der Waals surface area contributed by atoms with Crippen LogP contribution in [0.4, 0.5) is 4.39 Å². The maximum atomic E-state index is 14.5. The highest BCUT2D eigenvalue weighted by atomic mass is 127. The number of carboxylic acid groups (broad SMARTS) is 1. The van der Waals surface area contributed by atoms with Crippen LogP contribution >= 0.6 is 22.6 Å². The highest BCUT2D eigenvalue weighted by Gasteiger charge is 2.60. The lowest BCUT2D eigenvalue weighted by Crippen LogP contribution is -2.51. The molecule has 2 aromatic carbocycles. The molecule has 2 bridgehead atoms. The van der Waals surface area contributed by atoms with Crippen LogP contribution < -0.4 is 5.32 Å². The Labute approximate surface area is 199 Å². The Kier molecular flexibility index (Phi) is 5.27. The van der Waals surface area contributed by atoms with Gasteiger partial charge in [-0.25, -0.2) is 4.39 Å². The number of aromatic nitrogens is 1. The van der Waals surface area contributed by atoms with Gasteiger partial charge < -0.3 is 15.0 Å². The maximum Gasteiger partial charge on any atom is 0.303 e. The van der Waals surface area contributed by atoms with Crippen LogP contribution in [0.5, 0.6) is 0 Å². The van der Waals surface area contributed by atoms with Gasteiger partial charge in [-0.15, -0.1) is 0 Å². The van der Waals surface area contributed by atoms with E-state index in [0.29, 0.717) is 28.9 Å². The van der Waals surface area contributed by atoms with E-state index in [-0.39, 0.29) is 35.5 Å². The summed E-state index contributed by atoms with van der Waals surface area (Å²) in [6, 6.07) is 12.7. The van der Waals surface area contributed by atoms with Crippen LogP contribution in [0.2, 0.25) is 0 Å². The summed E-state index contributed by atoms with van der Waals surface area (Å²) in [6.07, 6.45) is 3.72. The van der Waals surface area contributed by atoms with Crippen molar-refractivity contribution in [2.45, 2.75) is 38.8 Å². The summed E-state index contributed by atoms with van der Waals surface area (Å²) < 4.78 is 17.6. The third-order valence-electron chi connectivity index (χ3n) is 7.36. The number of carbonyl (C=O) groups excluding carboxylic acids is 1. The first kappa shape index (κ1) is 21.4. The topological polar surface area (TPSA) is 71.3 Å². The number of fused-ring (bicyclic) bond motifs is 2. The Balaban J connectivity index is 1.42. The maximum absolute atomic E-state index is 14.5. The van der Waals surface area contributed by atoms with Crippen LogP contribution in [-0.4, -0.2) is 27.6 Å². The van der Waals surface area contributed by atoms with Crippen LogP contribution in [0.25, 0.3) is 10.9 Å². The molecule has 3 saturated carbocycles. The smallest absolute Gasteiger partial charge is 0.303 e. The van der Waals surface area contributed by atoms with Crippen LogP contribution in [0.15, 0.2) is 48.7 Å². The van der Waals surface area contributed by atoms with E-state index in [1.54, 1.807) is 12.1 Å². The molecule has 0 radical (unpaired) electrons. The first-order chi connectivity index (χ1) is 15.2. The molecule has 3 fully saturated rings. The van der Waals surface area contributed by atoms with Crippen molar-refractivity contribution in [3.8, 4) is 0 Å². The fourth-order valence-corrected chi connectivity index (χ4v) is 6.18. The van der Waals surface area contributed by atoms with Crippen molar-refractivity contribution in [3.63, 3.8) is 0 Å². The molecule has 3 aliphatic rings. The van der Waals surface area contributed by atoms with E-state index in [1.807, 2.05) is 42.0 Å². The van der Waals surface area contributed by atoms with Crippen LogP contribution in [-0.2, 0) is 11.3 Å². The van der Waals surface area contributed by atoms with Gasteiger partial charge in [0.05, 0.1) is 17.5 Å². The molecule has 1 amide bonds. The third kappa shape index (κ3) is 3.60. The average Bonchev–Trinajstić information content (AvgIpc) is 3.37. The van der Waals surface area contributed by atoms with Gasteiger partial charge in [-0.1, -0.05) is 19.1 Å². The zero-order valence-electron chi connectivity index (χ0n) is 17.6. The molecule has 32 heavy (non-hydrogen) atoms. The van der Waals surface area contributed by atoms with E-state index in [4.69, 9.17) is 0 Å². The second kappa shape index (κ2) is 7.86. The normalized spacial score (nSPS) is 26.2. The largest absolute Gasteiger partial charge is 0.481 e. The zero-order valence-corrected chi connectivity index (χ0v) is 19.8. The number of nitrogens with one attached hydrogen (secondary N) is 1. The molecule has 0 aliphatic heterocycles. The number of hydrogen-bond acceptors (Lipinski definition) is 2. The predicted molar refractivity (Wildman–Crippen MR) is 128 cm³/mol. The van der Waals surface area contributed by atoms with E-state index in [2.05, 4.69) is 27.9 Å². The lowest BCUT2D eigenvalue weighted by molar-refractivity contribution is -0.140. The van der Waals surface area contributed by atoms with Gasteiger partial charge in [-0.3, -0.25) is 9.59 Å². The first-order valence-electron chi connectivity index (χ1n) is 10.8. The number of amides is 1. The molecule has 3 aromatic rings. The van der Waals surface area contributed by atoms with Gasteiger partial charge in [0.2, 0.25) is 0 Å². The number of halogens is 2. The quantitative estimate of drug-likeness (QED) is 0.425. The molecular weight excluding hydrogens is 522 g/mol. The third-order valence-corrected chi connectivity index (χ3v) is 8.08. The molecule has 6 rings (SSSR count). The summed E-state index contributed by atoms with van der Waals surface area (Å²) in [5.74, 6) is -0.892. The van der Waals surface area contributed by atoms with Crippen molar-refractivity contribution in [3.05, 3.63) is 69.2 Å². The van der Waals surface area contributed by atoms with Gasteiger partial charge >= 0.3 is 5.97 Å². The minimum atomic E-state index is -0.793. The van der Waals surface area contributed by atoms with Gasteiger partial charge in [0, 0.05) is 27.7 Å². The Hall–Kier alpha value is -2.42. The van der Waals surface area contributed by atoms with Crippen LogP contribution in [0, 0.1) is 26.6 Å². The number of carbonyl (C=O) groups is 2. The average molecular weight is 546 g/mol. The predicted octanol–water partition coefficient (Wildman–Crippen LogP) is 5.05. The zero-order chi connectivity index (χ0) is 22.6. The summed E-state index contributed by atoms with van der Waals surface area (Å²) in [4.78, 5) is 24.6. The number of rotatable bonds is 6. The summed E-state index contributed by atoms with van der Waals surface area (Å²) >= 11 is 2.25. The van der Waals surface area contributed by atoms with Crippen molar-refractivity contribution in [2.24, 2.45) is 17.3 Å². The van der Waals surface area contributed by atoms with E-state index in [0.717, 1.165) is 22.0 Å². The molecule has 1 aromatic heterocycles. The fourth-order valence-electron chi connectivity index (χ4n) is 5.82. The Morgan fingerprint density at radius 3 is 2.69 bits per heavy atom. The van der Waals surface area contributed by atoms with E-state index < -0.39 is 5.97 Å². The molecule has 4 atom stereocenters. The molecule has 166 valence electrons. The Bertz CT molecular complexity index is 1220. The van der Waals surface area contributed by atoms with Crippen LogP contribution in [0.3, 0.4) is 0 Å². The van der Waals surface area contributed by atoms with E-state index in [9.17, 15) is 19.1 Å². The van der Waals surface area contributed by atoms with Crippen molar-refractivity contribution >= 4 is 45.4 Å². The summed E-state index contributed by atoms with van der Waals surface area (Å²) in [7, 11) is 0. The van der Waals surface area contributed by atoms with Crippen molar-refractivity contribution in [1.82, 2.24) is 9.88 Å². The Morgan fingerprint density at radius 2 is 1.97 bits per heavy atom. The van der Waals surface area contributed by atoms with Crippen molar-refractivity contribution in [2.75, 3.05) is 0 Å². The highest BCUT2D eigenvalue weighted by molar-refractivity contribution is 14.1. The minimum Gasteiger partial charge on any atom is -0.481 e. The molecule has 5 nitrogen and oxygen atoms in total. The minimum absolute atomic E-state index is 0.0217. The molecular formula is C25H24FIN2O3. The standard InChI is InChI=1S/C25H24FIN2O3/c1-25(12-21(30)31)11-15-10-19(25)22(15)28-24(32)18-6-7-20(26)17-8-9-29(23(17)18)13-14-2-4-16(27)5-3-14/h2-9,15,19,22H,10-13H2,1H3,(H,28,32)(H,30,31)/t15?,19-,22?,25+/m1/s1. The second-order valence-electron chi connectivity index (χ2n) is 9.46. The van der Waals surface area contributed by atoms with E-state index in [1.165, 1.54) is 6.07 Å². The van der Waals surface area contributed by atoms with Gasteiger partial charge in [0.1, 0.15) is 5.82 Å². The molecule has 0 saturated heterocycles. The van der Waals surface area contributed by atoms with Crippen LogP contribution in [0.1, 0.15) is 42.1 Å². The Morgan fingerprint density at radius 1 is 1.22 bits per heavy atom. The summed E-state index contributed by atoms with van der Waals surface area (Å²) in [5, 5.41) is 12.9. The lowest BCUT2D eigenvalue weighted by atomic mass is 9.71. The van der Waals surface area contributed by atoms with E-state index >= 15 is 0 Å². The number of aliphatic carboxylic acids is 1. The molecule has 1 heterocycles. The number of carboxylic acids is 1. The molecule has 2 N–H and O–H groups in total. The van der Waals surface area contributed by atoms with Crippen molar-refractivity contribution in [1.29, 1.82) is 0 Å². The SMILES string of the molecule is C[C@@]1(CC(=O)O)CC2C[C@@H]1C2NC(=O)c1ccc(F)c2ccn(Cc3ccc(I)cc3)c12. The van der Waals surface area contributed by atoms with Crippen molar-refractivity contribution < 1.29 is 19.1 Å². The highest BCUT2D eigenvalue weighted by Crippen LogP contribution is 2.61. The van der Waals surface area contributed by atoms with Gasteiger partial charge in [0.15, 0.2) is 0 Å². The van der Waals surface area contributed by atoms with Gasteiger partial charge in [-0.05, 0) is 88.6 Å². The molecule has 0 spiro atoms. The van der Waals surface area contributed by atoms with Gasteiger partial charge in [0.25, 0.3) is 5.91 Å². The lowest BCUT2D eigenvalue weighted by Gasteiger charge is -2.40. The fraction of sp³-hybridized carbons (Fsp3) is 0.360. The molecule has 7 heteroatoms. The monoisotopic (exact) mass is 546 g/mol. The number of benzene rings is 2. The number of nitrogens with zero attached hydrogens (tertiary/aromatic N) is 1. The number of hydrogen-bond donors (Lipinski definition) is 2. The molecule has 3 aliphatic carbocycles. The molecule has 2 unspecified atom stereocenters.